The Balaban J connectivity index is 2.84. The summed E-state index contributed by atoms with van der Waals surface area (Å²) in [7, 11) is 0. The summed E-state index contributed by atoms with van der Waals surface area (Å²) in [6.45, 7) is 0.444. The number of ether oxygens (including phenoxy) is 1. The summed E-state index contributed by atoms with van der Waals surface area (Å²) in [5, 5.41) is 2.73. The van der Waals surface area contributed by atoms with E-state index < -0.39 is 11.9 Å². The van der Waals surface area contributed by atoms with Crippen LogP contribution in [-0.2, 0) is 4.74 Å². The van der Waals surface area contributed by atoms with Crippen LogP contribution in [0.2, 0.25) is 0 Å². The summed E-state index contributed by atoms with van der Waals surface area (Å²) < 4.78 is 41.4. The highest BCUT2D eigenvalue weighted by Gasteiger charge is 2.38. The van der Waals surface area contributed by atoms with Crippen molar-refractivity contribution in [2.75, 3.05) is 6.61 Å². The Morgan fingerprint density at radius 1 is 1.54 bits per heavy atom. The summed E-state index contributed by atoms with van der Waals surface area (Å²) in [5.41, 5.74) is -1.03. The molecule has 0 fully saturated rings. The van der Waals surface area contributed by atoms with Gasteiger partial charge in [0.05, 0.1) is 12.9 Å². The number of hydrogen-bond donors (Lipinski definition) is 1. The third kappa shape index (κ3) is 2.37. The maximum Gasteiger partial charge on any atom is 0.435 e. The zero-order valence-corrected chi connectivity index (χ0v) is 6.77. The minimum Gasteiger partial charge on any atom is -0.501 e. The van der Waals surface area contributed by atoms with Gasteiger partial charge in [-0.25, -0.2) is 0 Å². The Morgan fingerprint density at radius 2 is 2.23 bits per heavy atom. The zero-order chi connectivity index (χ0) is 9.90. The maximum absolute atomic E-state index is 12.2. The molecule has 1 aliphatic rings. The Kier molecular flexibility index (Phi) is 2.79. The first-order valence-corrected chi connectivity index (χ1v) is 3.72. The van der Waals surface area contributed by atoms with Gasteiger partial charge < -0.3 is 10.6 Å². The highest BCUT2D eigenvalue weighted by molar-refractivity contribution is 6.03. The molecule has 74 valence electrons. The Bertz CT molecular complexity index is 245. The summed E-state index contributed by atoms with van der Waals surface area (Å²) in [5.74, 6) is 4.66. The number of nitrogens with zero attached hydrogens (tertiary/aromatic N) is 1. The molecule has 1 rings (SSSR count). The van der Waals surface area contributed by atoms with Gasteiger partial charge in [0.2, 0.25) is 0 Å². The first kappa shape index (κ1) is 9.88. The Morgan fingerprint density at radius 3 is 2.62 bits per heavy atom. The summed E-state index contributed by atoms with van der Waals surface area (Å²) in [4.78, 5) is 0. The molecule has 0 spiro atoms. The number of halogens is 3. The van der Waals surface area contributed by atoms with E-state index in [0.717, 1.165) is 6.26 Å². The third-order valence-corrected chi connectivity index (χ3v) is 1.64. The molecule has 0 saturated heterocycles. The van der Waals surface area contributed by atoms with Crippen molar-refractivity contribution in [3.05, 3.63) is 11.8 Å². The molecule has 2 N–H and O–H groups in total. The van der Waals surface area contributed by atoms with Gasteiger partial charge in [-0.1, -0.05) is 0 Å². The van der Waals surface area contributed by atoms with Crippen LogP contribution in [-0.4, -0.2) is 18.5 Å². The van der Waals surface area contributed by atoms with Crippen molar-refractivity contribution in [3.8, 4) is 0 Å². The van der Waals surface area contributed by atoms with Crippen molar-refractivity contribution in [2.45, 2.75) is 19.0 Å². The second-order valence-corrected chi connectivity index (χ2v) is 2.59. The van der Waals surface area contributed by atoms with Gasteiger partial charge in [0.15, 0.2) is 5.71 Å². The number of alkyl halides is 3. The maximum atomic E-state index is 12.2. The molecule has 1 aliphatic heterocycles. The molecule has 0 aromatic heterocycles. The van der Waals surface area contributed by atoms with Crippen LogP contribution >= 0.6 is 0 Å². The van der Waals surface area contributed by atoms with Crippen LogP contribution in [0.4, 0.5) is 13.2 Å². The molecule has 3 nitrogen and oxygen atoms in total. The van der Waals surface area contributed by atoms with Crippen LogP contribution in [0.25, 0.3) is 0 Å². The average molecular weight is 194 g/mol. The van der Waals surface area contributed by atoms with Crippen molar-refractivity contribution in [2.24, 2.45) is 10.9 Å². The zero-order valence-electron chi connectivity index (χ0n) is 6.77. The average Bonchev–Trinajstić information content (AvgIpc) is 2.05. The standard InChI is InChI=1S/C7H9F3N2O/c8-7(9,10)6(12-11)5-2-1-3-13-4-5/h4H,1-3,11H2. The molecular weight excluding hydrogens is 185 g/mol. The fourth-order valence-electron chi connectivity index (χ4n) is 1.08. The number of allylic oxidation sites excluding steroid dienone is 1. The van der Waals surface area contributed by atoms with Crippen LogP contribution in [0.1, 0.15) is 12.8 Å². The molecule has 0 unspecified atom stereocenters. The van der Waals surface area contributed by atoms with Crippen molar-refractivity contribution in [3.63, 3.8) is 0 Å². The first-order valence-electron chi connectivity index (χ1n) is 3.72. The summed E-state index contributed by atoms with van der Waals surface area (Å²) in [6.07, 6.45) is -2.57. The van der Waals surface area contributed by atoms with E-state index >= 15 is 0 Å². The van der Waals surface area contributed by atoms with E-state index in [9.17, 15) is 13.2 Å². The molecule has 0 atom stereocenters. The second kappa shape index (κ2) is 3.68. The van der Waals surface area contributed by atoms with Gasteiger partial charge in [0, 0.05) is 5.57 Å². The van der Waals surface area contributed by atoms with Crippen LogP contribution in [0.5, 0.6) is 0 Å². The number of hydrogen-bond acceptors (Lipinski definition) is 3. The lowest BCUT2D eigenvalue weighted by Gasteiger charge is -2.16. The van der Waals surface area contributed by atoms with E-state index in [-0.39, 0.29) is 5.57 Å². The van der Waals surface area contributed by atoms with Crippen LogP contribution in [0.15, 0.2) is 16.9 Å². The van der Waals surface area contributed by atoms with Gasteiger partial charge in [-0.2, -0.15) is 18.3 Å². The Hall–Kier alpha value is -1.20. The third-order valence-electron chi connectivity index (χ3n) is 1.64. The molecule has 0 bridgehead atoms. The largest absolute Gasteiger partial charge is 0.501 e. The smallest absolute Gasteiger partial charge is 0.435 e. The van der Waals surface area contributed by atoms with Gasteiger partial charge in [0.25, 0.3) is 0 Å². The van der Waals surface area contributed by atoms with Crippen LogP contribution in [0.3, 0.4) is 0 Å². The summed E-state index contributed by atoms with van der Waals surface area (Å²) >= 11 is 0. The monoisotopic (exact) mass is 194 g/mol. The van der Waals surface area contributed by atoms with Crippen molar-refractivity contribution in [1.82, 2.24) is 0 Å². The predicted molar refractivity (Wildman–Crippen MR) is 40.9 cm³/mol. The molecule has 13 heavy (non-hydrogen) atoms. The number of nitrogens with two attached hydrogens (primary N) is 1. The first-order chi connectivity index (χ1) is 6.05. The van der Waals surface area contributed by atoms with E-state index in [1.165, 1.54) is 0 Å². The van der Waals surface area contributed by atoms with E-state index in [1.54, 1.807) is 0 Å². The fraction of sp³-hybridized carbons (Fsp3) is 0.571. The second-order valence-electron chi connectivity index (χ2n) is 2.59. The van der Waals surface area contributed by atoms with E-state index in [4.69, 9.17) is 4.74 Å². The lowest BCUT2D eigenvalue weighted by Crippen LogP contribution is -2.27. The minimum atomic E-state index is -4.50. The molecule has 0 saturated carbocycles. The molecule has 0 radical (unpaired) electrons. The lowest BCUT2D eigenvalue weighted by atomic mass is 10.1. The van der Waals surface area contributed by atoms with Gasteiger partial charge >= 0.3 is 6.18 Å². The SMILES string of the molecule is NN=C(C1=COCCC1)C(F)(F)F. The Labute approximate surface area is 73.0 Å². The van der Waals surface area contributed by atoms with Gasteiger partial charge in [-0.15, -0.1) is 0 Å². The topological polar surface area (TPSA) is 47.6 Å². The van der Waals surface area contributed by atoms with Crippen LogP contribution in [0, 0.1) is 0 Å². The quantitative estimate of drug-likeness (QED) is 0.391. The molecule has 0 aromatic carbocycles. The summed E-state index contributed by atoms with van der Waals surface area (Å²) in [6, 6.07) is 0. The van der Waals surface area contributed by atoms with Gasteiger partial charge in [0.1, 0.15) is 0 Å². The highest BCUT2D eigenvalue weighted by Crippen LogP contribution is 2.25. The van der Waals surface area contributed by atoms with E-state index in [2.05, 4.69) is 10.9 Å². The number of rotatable bonds is 1. The van der Waals surface area contributed by atoms with E-state index in [0.29, 0.717) is 19.4 Å². The van der Waals surface area contributed by atoms with E-state index in [1.807, 2.05) is 0 Å². The van der Waals surface area contributed by atoms with Crippen molar-refractivity contribution < 1.29 is 17.9 Å². The fourth-order valence-corrected chi connectivity index (χ4v) is 1.08. The molecular formula is C7H9F3N2O. The van der Waals surface area contributed by atoms with Gasteiger partial charge in [-0.3, -0.25) is 0 Å². The van der Waals surface area contributed by atoms with Crippen molar-refractivity contribution >= 4 is 5.71 Å². The molecule has 0 aliphatic carbocycles. The molecule has 0 amide bonds. The van der Waals surface area contributed by atoms with Gasteiger partial charge in [-0.05, 0) is 12.8 Å². The minimum absolute atomic E-state index is 0.0150. The highest BCUT2D eigenvalue weighted by atomic mass is 19.4. The predicted octanol–water partition coefficient (Wildman–Crippen LogP) is 1.56. The number of hydrazone groups is 1. The lowest BCUT2D eigenvalue weighted by molar-refractivity contribution is -0.0588. The molecule has 6 heteroatoms. The van der Waals surface area contributed by atoms with Crippen molar-refractivity contribution in [1.29, 1.82) is 0 Å². The molecule has 0 aromatic rings. The van der Waals surface area contributed by atoms with Crippen LogP contribution < -0.4 is 5.84 Å². The normalized spacial score (nSPS) is 19.3. The molecule has 1 heterocycles.